The number of fused-ring (bicyclic) bond motifs is 1. The van der Waals surface area contributed by atoms with Crippen LogP contribution in [-0.2, 0) is 0 Å². The fourth-order valence-electron chi connectivity index (χ4n) is 3.55. The Bertz CT molecular complexity index is 1070. The Morgan fingerprint density at radius 3 is 2.85 bits per heavy atom. The molecule has 4 rings (SSSR count). The summed E-state index contributed by atoms with van der Waals surface area (Å²) in [4.78, 5) is 6.98. The lowest BCUT2D eigenvalue weighted by molar-refractivity contribution is 0.370. The largest absolute Gasteiger partial charge is 0.302 e. The van der Waals surface area contributed by atoms with Crippen molar-refractivity contribution in [3.8, 4) is 0 Å². The molecule has 0 unspecified atom stereocenters. The van der Waals surface area contributed by atoms with Gasteiger partial charge in [0.2, 0.25) is 0 Å². The second kappa shape index (κ2) is 6.97. The molecule has 4 heteroatoms. The monoisotopic (exact) mass is 356 g/mol. The zero-order valence-electron chi connectivity index (χ0n) is 15.9. The Balaban J connectivity index is 1.73. The van der Waals surface area contributed by atoms with E-state index in [4.69, 9.17) is 0 Å². The van der Waals surface area contributed by atoms with E-state index in [1.54, 1.807) is 0 Å². The maximum absolute atomic E-state index is 4.66. The van der Waals surface area contributed by atoms with Crippen LogP contribution in [0, 0.1) is 6.92 Å². The molecule has 136 valence electrons. The molecule has 4 heterocycles. The molecular weight excluding hydrogens is 332 g/mol. The Morgan fingerprint density at radius 2 is 2.11 bits per heavy atom. The minimum atomic E-state index is 0.981. The minimum absolute atomic E-state index is 0.981. The Morgan fingerprint density at radius 1 is 1.26 bits per heavy atom. The number of aromatic nitrogens is 3. The van der Waals surface area contributed by atoms with E-state index in [-0.39, 0.29) is 0 Å². The van der Waals surface area contributed by atoms with E-state index >= 15 is 0 Å². The summed E-state index contributed by atoms with van der Waals surface area (Å²) in [7, 11) is 2.15. The van der Waals surface area contributed by atoms with Gasteiger partial charge in [0, 0.05) is 42.3 Å². The number of aryl methyl sites for hydroxylation is 1. The third kappa shape index (κ3) is 3.24. The summed E-state index contributed by atoms with van der Waals surface area (Å²) < 4.78 is 1.86. The Labute approximate surface area is 160 Å². The summed E-state index contributed by atoms with van der Waals surface area (Å²) in [5, 5.41) is 4.35. The molecule has 1 aliphatic rings. The van der Waals surface area contributed by atoms with Crippen LogP contribution in [-0.4, -0.2) is 39.6 Å². The maximum atomic E-state index is 4.66. The van der Waals surface area contributed by atoms with Gasteiger partial charge >= 0.3 is 0 Å². The van der Waals surface area contributed by atoms with Crippen LogP contribution >= 0.6 is 0 Å². The van der Waals surface area contributed by atoms with Crippen molar-refractivity contribution >= 4 is 22.7 Å². The molecule has 0 fully saturated rings. The Hall–Kier alpha value is -2.98. The average molecular weight is 356 g/mol. The van der Waals surface area contributed by atoms with Crippen molar-refractivity contribution in [3.05, 3.63) is 84.0 Å². The van der Waals surface area contributed by atoms with Gasteiger partial charge in [0.15, 0.2) is 0 Å². The molecule has 0 aromatic carbocycles. The molecule has 0 amide bonds. The quantitative estimate of drug-likeness (QED) is 0.692. The first-order valence-corrected chi connectivity index (χ1v) is 9.21. The van der Waals surface area contributed by atoms with Crippen LogP contribution in [0.4, 0.5) is 0 Å². The normalized spacial score (nSPS) is 15.0. The molecule has 0 N–H and O–H groups in total. The number of pyridine rings is 2. The molecule has 0 saturated heterocycles. The van der Waals surface area contributed by atoms with Crippen LogP contribution in [0.1, 0.15) is 34.4 Å². The smallest absolute Gasteiger partial charge is 0.0739 e. The van der Waals surface area contributed by atoms with Crippen LogP contribution in [0.15, 0.2) is 56.0 Å². The third-order valence-corrected chi connectivity index (χ3v) is 5.31. The van der Waals surface area contributed by atoms with Crippen molar-refractivity contribution < 1.29 is 0 Å². The highest BCUT2D eigenvalue weighted by atomic mass is 15.2. The summed E-state index contributed by atoms with van der Waals surface area (Å²) in [5.41, 5.74) is 8.76. The zero-order valence-corrected chi connectivity index (χ0v) is 15.9. The maximum Gasteiger partial charge on any atom is 0.0739 e. The van der Waals surface area contributed by atoms with Crippen molar-refractivity contribution in [2.45, 2.75) is 13.3 Å². The van der Waals surface area contributed by atoms with Crippen LogP contribution < -0.4 is 0 Å². The van der Waals surface area contributed by atoms with Crippen LogP contribution in [0.5, 0.6) is 0 Å². The van der Waals surface area contributed by atoms with Crippen LogP contribution in [0.3, 0.4) is 0 Å². The van der Waals surface area contributed by atoms with E-state index in [9.17, 15) is 0 Å². The Kier molecular flexibility index (Phi) is 4.50. The lowest BCUT2D eigenvalue weighted by atomic mass is 9.94. The highest BCUT2D eigenvalue weighted by Crippen LogP contribution is 2.29. The van der Waals surface area contributed by atoms with Crippen LogP contribution in [0.2, 0.25) is 0 Å². The van der Waals surface area contributed by atoms with E-state index in [1.807, 2.05) is 36.1 Å². The highest BCUT2D eigenvalue weighted by Gasteiger charge is 2.14. The third-order valence-electron chi connectivity index (χ3n) is 5.31. The molecular formula is C23H24N4. The minimum Gasteiger partial charge on any atom is -0.302 e. The van der Waals surface area contributed by atoms with E-state index in [1.165, 1.54) is 11.1 Å². The first-order valence-electron chi connectivity index (χ1n) is 9.21. The van der Waals surface area contributed by atoms with Gasteiger partial charge < -0.3 is 4.90 Å². The van der Waals surface area contributed by atoms with Crippen molar-refractivity contribution in [2.24, 2.45) is 0 Å². The van der Waals surface area contributed by atoms with Crippen molar-refractivity contribution in [1.82, 2.24) is 19.5 Å². The van der Waals surface area contributed by atoms with E-state index in [0.29, 0.717) is 0 Å². The van der Waals surface area contributed by atoms with Gasteiger partial charge in [0.1, 0.15) is 0 Å². The molecule has 0 radical (unpaired) electrons. The molecule has 1 aliphatic heterocycles. The SMILES string of the molecule is C=Cc1cnn2ccc(C(=C)c3cc(C4=CCN(C)CC4)cnc3C)cc12. The molecule has 0 bridgehead atoms. The first kappa shape index (κ1) is 17.4. The topological polar surface area (TPSA) is 33.4 Å². The lowest BCUT2D eigenvalue weighted by Gasteiger charge is -2.22. The summed E-state index contributed by atoms with van der Waals surface area (Å²) >= 11 is 0. The molecule has 3 aromatic rings. The highest BCUT2D eigenvalue weighted by molar-refractivity contribution is 5.83. The summed E-state index contributed by atoms with van der Waals surface area (Å²) in [6, 6.07) is 6.40. The van der Waals surface area contributed by atoms with Gasteiger partial charge in [0.25, 0.3) is 0 Å². The van der Waals surface area contributed by atoms with Gasteiger partial charge in [-0.1, -0.05) is 25.3 Å². The molecule has 0 aliphatic carbocycles. The molecule has 4 nitrogen and oxygen atoms in total. The van der Waals surface area contributed by atoms with Gasteiger partial charge in [-0.3, -0.25) is 4.98 Å². The number of nitrogens with zero attached hydrogens (tertiary/aromatic N) is 4. The van der Waals surface area contributed by atoms with Gasteiger partial charge in [-0.05, 0) is 60.9 Å². The van der Waals surface area contributed by atoms with E-state index < -0.39 is 0 Å². The van der Waals surface area contributed by atoms with Crippen molar-refractivity contribution in [3.63, 3.8) is 0 Å². The second-order valence-corrected chi connectivity index (χ2v) is 7.13. The predicted molar refractivity (Wildman–Crippen MR) is 112 cm³/mol. The zero-order chi connectivity index (χ0) is 19.0. The fraction of sp³-hybridized carbons (Fsp3) is 0.217. The van der Waals surface area contributed by atoms with Crippen molar-refractivity contribution in [1.29, 1.82) is 0 Å². The first-order chi connectivity index (χ1) is 13.1. The summed E-state index contributed by atoms with van der Waals surface area (Å²) in [6.07, 6.45) is 11.0. The average Bonchev–Trinajstić information content (AvgIpc) is 3.11. The predicted octanol–water partition coefficient (Wildman–Crippen LogP) is 4.46. The molecule has 3 aromatic heterocycles. The molecule has 27 heavy (non-hydrogen) atoms. The number of likely N-dealkylation sites (N-methyl/N-ethyl adjacent to an activating group) is 1. The lowest BCUT2D eigenvalue weighted by Crippen LogP contribution is -2.23. The second-order valence-electron chi connectivity index (χ2n) is 7.13. The van der Waals surface area contributed by atoms with Crippen LogP contribution in [0.25, 0.3) is 22.7 Å². The van der Waals surface area contributed by atoms with Crippen molar-refractivity contribution in [2.75, 3.05) is 20.1 Å². The summed E-state index contributed by atoms with van der Waals surface area (Å²) in [5.74, 6) is 0. The standard InChI is InChI=1S/C23H24N4/c1-5-18-15-25-27-11-8-20(13-23(18)27)16(2)22-12-21(14-24-17(22)3)19-6-9-26(4)10-7-19/h5-6,8,11-15H,1-2,7,9-10H2,3-4H3. The number of hydrogen-bond donors (Lipinski definition) is 0. The molecule has 0 atom stereocenters. The van der Waals surface area contributed by atoms with Gasteiger partial charge in [-0.25, -0.2) is 4.52 Å². The molecule has 0 spiro atoms. The van der Waals surface area contributed by atoms with Gasteiger partial charge in [0.05, 0.1) is 11.7 Å². The fourth-order valence-corrected chi connectivity index (χ4v) is 3.55. The van der Waals surface area contributed by atoms with E-state index in [0.717, 1.165) is 53.0 Å². The van der Waals surface area contributed by atoms with Gasteiger partial charge in [-0.2, -0.15) is 5.10 Å². The van der Waals surface area contributed by atoms with Gasteiger partial charge in [-0.15, -0.1) is 0 Å². The summed E-state index contributed by atoms with van der Waals surface area (Å²) in [6.45, 7) is 12.4. The number of rotatable bonds is 4. The molecule has 0 saturated carbocycles. The number of hydrogen-bond acceptors (Lipinski definition) is 3. The van der Waals surface area contributed by atoms with E-state index in [2.05, 4.69) is 59.5 Å².